The molecule has 1 fully saturated rings. The van der Waals surface area contributed by atoms with E-state index >= 15 is 0 Å². The SMILES string of the molecule is CCC(N)CC(=O)N1CCC(OC)C1. The molecule has 1 aliphatic heterocycles. The van der Waals surface area contributed by atoms with E-state index in [9.17, 15) is 4.79 Å². The first-order chi connectivity index (χ1) is 6.67. The summed E-state index contributed by atoms with van der Waals surface area (Å²) >= 11 is 0. The Morgan fingerprint density at radius 1 is 1.71 bits per heavy atom. The number of hydrogen-bond donors (Lipinski definition) is 1. The van der Waals surface area contributed by atoms with E-state index in [1.165, 1.54) is 0 Å². The number of methoxy groups -OCH3 is 1. The molecule has 4 heteroatoms. The first-order valence-corrected chi connectivity index (χ1v) is 5.23. The highest BCUT2D eigenvalue weighted by Crippen LogP contribution is 2.13. The first kappa shape index (κ1) is 11.5. The van der Waals surface area contributed by atoms with Crippen molar-refractivity contribution < 1.29 is 9.53 Å². The smallest absolute Gasteiger partial charge is 0.224 e. The summed E-state index contributed by atoms with van der Waals surface area (Å²) in [6.45, 7) is 3.54. The van der Waals surface area contributed by atoms with Crippen molar-refractivity contribution in [1.29, 1.82) is 0 Å². The van der Waals surface area contributed by atoms with Gasteiger partial charge >= 0.3 is 0 Å². The number of nitrogens with two attached hydrogens (primary N) is 1. The average molecular weight is 200 g/mol. The van der Waals surface area contributed by atoms with Crippen LogP contribution in [0.3, 0.4) is 0 Å². The van der Waals surface area contributed by atoms with E-state index in [0.717, 1.165) is 25.9 Å². The molecule has 0 aromatic rings. The Balaban J connectivity index is 2.32. The molecule has 0 aliphatic carbocycles. The Hall–Kier alpha value is -0.610. The molecule has 1 saturated heterocycles. The second kappa shape index (κ2) is 5.32. The highest BCUT2D eigenvalue weighted by molar-refractivity contribution is 5.77. The third-order valence-electron chi connectivity index (χ3n) is 2.79. The first-order valence-electron chi connectivity index (χ1n) is 5.23. The Kier molecular flexibility index (Phi) is 4.35. The zero-order valence-electron chi connectivity index (χ0n) is 9.03. The van der Waals surface area contributed by atoms with Crippen LogP contribution in [0.25, 0.3) is 0 Å². The minimum atomic E-state index is 0.00379. The summed E-state index contributed by atoms with van der Waals surface area (Å²) < 4.78 is 5.20. The van der Waals surface area contributed by atoms with Gasteiger partial charge in [0.1, 0.15) is 0 Å². The summed E-state index contributed by atoms with van der Waals surface area (Å²) in [6.07, 6.45) is 2.49. The highest BCUT2D eigenvalue weighted by atomic mass is 16.5. The normalized spacial score (nSPS) is 23.9. The van der Waals surface area contributed by atoms with Crippen molar-refractivity contribution in [3.05, 3.63) is 0 Å². The van der Waals surface area contributed by atoms with Crippen molar-refractivity contribution in [2.75, 3.05) is 20.2 Å². The number of likely N-dealkylation sites (tertiary alicyclic amines) is 1. The van der Waals surface area contributed by atoms with Crippen LogP contribution in [-0.2, 0) is 9.53 Å². The predicted octanol–water partition coefficient (Wildman–Crippen LogP) is 0.361. The van der Waals surface area contributed by atoms with Crippen molar-refractivity contribution in [2.24, 2.45) is 5.73 Å². The number of carbonyl (C=O) groups excluding carboxylic acids is 1. The fourth-order valence-electron chi connectivity index (χ4n) is 1.64. The molecule has 2 unspecified atom stereocenters. The monoisotopic (exact) mass is 200 g/mol. The molecule has 0 spiro atoms. The van der Waals surface area contributed by atoms with Crippen molar-refractivity contribution >= 4 is 5.91 Å². The Bertz CT molecular complexity index is 197. The maximum absolute atomic E-state index is 11.7. The zero-order chi connectivity index (χ0) is 10.6. The van der Waals surface area contributed by atoms with Crippen molar-refractivity contribution in [3.8, 4) is 0 Å². The Labute approximate surface area is 85.4 Å². The van der Waals surface area contributed by atoms with Gasteiger partial charge < -0.3 is 15.4 Å². The molecule has 1 rings (SSSR count). The maximum atomic E-state index is 11.7. The van der Waals surface area contributed by atoms with Gasteiger partial charge in [0, 0.05) is 32.7 Å². The largest absolute Gasteiger partial charge is 0.380 e. The van der Waals surface area contributed by atoms with Crippen LogP contribution in [0.15, 0.2) is 0 Å². The molecule has 1 amide bonds. The van der Waals surface area contributed by atoms with E-state index in [4.69, 9.17) is 10.5 Å². The Morgan fingerprint density at radius 2 is 2.43 bits per heavy atom. The van der Waals surface area contributed by atoms with Gasteiger partial charge in [-0.2, -0.15) is 0 Å². The number of hydrogen-bond acceptors (Lipinski definition) is 3. The number of rotatable bonds is 4. The van der Waals surface area contributed by atoms with Gasteiger partial charge in [-0.3, -0.25) is 4.79 Å². The quantitative estimate of drug-likeness (QED) is 0.713. The van der Waals surface area contributed by atoms with Crippen molar-refractivity contribution in [1.82, 2.24) is 4.90 Å². The van der Waals surface area contributed by atoms with Crippen LogP contribution in [0.1, 0.15) is 26.2 Å². The van der Waals surface area contributed by atoms with E-state index < -0.39 is 0 Å². The number of nitrogens with zero attached hydrogens (tertiary/aromatic N) is 1. The van der Waals surface area contributed by atoms with Gasteiger partial charge in [0.2, 0.25) is 5.91 Å². The highest BCUT2D eigenvalue weighted by Gasteiger charge is 2.26. The molecule has 82 valence electrons. The third kappa shape index (κ3) is 2.96. The molecule has 14 heavy (non-hydrogen) atoms. The summed E-state index contributed by atoms with van der Waals surface area (Å²) in [5.74, 6) is 0.166. The minimum absolute atomic E-state index is 0.00379. The van der Waals surface area contributed by atoms with E-state index in [-0.39, 0.29) is 18.1 Å². The van der Waals surface area contributed by atoms with Crippen LogP contribution in [0, 0.1) is 0 Å². The van der Waals surface area contributed by atoms with Crippen LogP contribution >= 0.6 is 0 Å². The van der Waals surface area contributed by atoms with Crippen LogP contribution in [0.5, 0.6) is 0 Å². The van der Waals surface area contributed by atoms with Crippen LogP contribution in [0.4, 0.5) is 0 Å². The molecular weight excluding hydrogens is 180 g/mol. The summed E-state index contributed by atoms with van der Waals surface area (Å²) in [4.78, 5) is 13.5. The molecule has 1 aliphatic rings. The summed E-state index contributed by atoms with van der Waals surface area (Å²) in [5.41, 5.74) is 5.73. The molecule has 0 aromatic heterocycles. The van der Waals surface area contributed by atoms with E-state index in [1.54, 1.807) is 7.11 Å². The summed E-state index contributed by atoms with van der Waals surface area (Å²) in [6, 6.07) is 0.00379. The van der Waals surface area contributed by atoms with Crippen LogP contribution < -0.4 is 5.73 Å². The Morgan fingerprint density at radius 3 is 2.93 bits per heavy atom. The molecule has 4 nitrogen and oxygen atoms in total. The van der Waals surface area contributed by atoms with Gasteiger partial charge in [-0.15, -0.1) is 0 Å². The summed E-state index contributed by atoms with van der Waals surface area (Å²) in [7, 11) is 1.69. The number of carbonyl (C=O) groups is 1. The average Bonchev–Trinajstić information content (AvgIpc) is 2.65. The maximum Gasteiger partial charge on any atom is 0.224 e. The minimum Gasteiger partial charge on any atom is -0.380 e. The van der Waals surface area contributed by atoms with Crippen molar-refractivity contribution in [2.45, 2.75) is 38.3 Å². The van der Waals surface area contributed by atoms with Gasteiger partial charge in [0.25, 0.3) is 0 Å². The second-order valence-electron chi connectivity index (χ2n) is 3.86. The molecule has 0 bridgehead atoms. The third-order valence-corrected chi connectivity index (χ3v) is 2.79. The molecule has 2 atom stereocenters. The molecule has 0 saturated carbocycles. The molecule has 1 heterocycles. The molecular formula is C10H20N2O2. The van der Waals surface area contributed by atoms with Gasteiger partial charge in [-0.05, 0) is 12.8 Å². The lowest BCUT2D eigenvalue weighted by Crippen LogP contribution is -2.34. The zero-order valence-corrected chi connectivity index (χ0v) is 9.03. The van der Waals surface area contributed by atoms with Crippen molar-refractivity contribution in [3.63, 3.8) is 0 Å². The van der Waals surface area contributed by atoms with Gasteiger partial charge in [-0.1, -0.05) is 6.92 Å². The fourth-order valence-corrected chi connectivity index (χ4v) is 1.64. The van der Waals surface area contributed by atoms with Gasteiger partial charge in [-0.25, -0.2) is 0 Å². The molecule has 0 aromatic carbocycles. The van der Waals surface area contributed by atoms with E-state index in [0.29, 0.717) is 6.42 Å². The van der Waals surface area contributed by atoms with Gasteiger partial charge in [0.15, 0.2) is 0 Å². The lowest BCUT2D eigenvalue weighted by molar-refractivity contribution is -0.130. The fraction of sp³-hybridized carbons (Fsp3) is 0.900. The number of amides is 1. The lowest BCUT2D eigenvalue weighted by Gasteiger charge is -2.18. The summed E-state index contributed by atoms with van der Waals surface area (Å²) in [5, 5.41) is 0. The number of ether oxygens (including phenoxy) is 1. The predicted molar refractivity (Wildman–Crippen MR) is 54.9 cm³/mol. The van der Waals surface area contributed by atoms with E-state index in [1.807, 2.05) is 11.8 Å². The van der Waals surface area contributed by atoms with Crippen LogP contribution in [0.2, 0.25) is 0 Å². The standard InChI is InChI=1S/C10H20N2O2/c1-3-8(11)6-10(13)12-5-4-9(7-12)14-2/h8-9H,3-7,11H2,1-2H3. The lowest BCUT2D eigenvalue weighted by atomic mass is 10.1. The molecule has 2 N–H and O–H groups in total. The van der Waals surface area contributed by atoms with Crippen LogP contribution in [-0.4, -0.2) is 43.2 Å². The van der Waals surface area contributed by atoms with E-state index in [2.05, 4.69) is 0 Å². The second-order valence-corrected chi connectivity index (χ2v) is 3.86. The molecule has 0 radical (unpaired) electrons. The topological polar surface area (TPSA) is 55.6 Å². The van der Waals surface area contributed by atoms with Gasteiger partial charge in [0.05, 0.1) is 6.10 Å².